The van der Waals surface area contributed by atoms with Crippen molar-refractivity contribution < 1.29 is 13.9 Å². The molecule has 2 aliphatic rings. The Balaban J connectivity index is 1.69. The minimum Gasteiger partial charge on any atom is -0.496 e. The lowest BCUT2D eigenvalue weighted by Crippen LogP contribution is -2.34. The fraction of sp³-hybridized carbons (Fsp3) is 0.185. The Labute approximate surface area is 211 Å². The van der Waals surface area contributed by atoms with Crippen LogP contribution >= 0.6 is 23.2 Å². The molecule has 0 saturated heterocycles. The zero-order valence-electron chi connectivity index (χ0n) is 19.1. The van der Waals surface area contributed by atoms with E-state index in [-0.39, 0.29) is 28.4 Å². The van der Waals surface area contributed by atoms with Gasteiger partial charge in [0.2, 0.25) is 0 Å². The maximum absolute atomic E-state index is 15.5. The number of fused-ring (bicyclic) bond motifs is 8. The van der Waals surface area contributed by atoms with E-state index in [1.807, 2.05) is 48.7 Å². The summed E-state index contributed by atoms with van der Waals surface area (Å²) >= 11 is 12.5. The van der Waals surface area contributed by atoms with Crippen LogP contribution in [0.3, 0.4) is 0 Å². The lowest BCUT2D eigenvalue weighted by molar-refractivity contribution is 0.0988. The highest BCUT2D eigenvalue weighted by atomic mass is 35.5. The molecule has 1 atom stereocenters. The van der Waals surface area contributed by atoms with Crippen molar-refractivity contribution in [2.75, 3.05) is 12.0 Å². The third-order valence-electron chi connectivity index (χ3n) is 6.66. The number of hydrogen-bond donors (Lipinski definition) is 0. The van der Waals surface area contributed by atoms with Crippen LogP contribution in [0, 0.1) is 5.82 Å². The Bertz CT molecular complexity index is 1550. The second kappa shape index (κ2) is 7.83. The molecule has 0 N–H and O–H groups in total. The number of ether oxygens (including phenoxy) is 1. The first-order chi connectivity index (χ1) is 16.8. The zero-order chi connectivity index (χ0) is 24.6. The Morgan fingerprint density at radius 3 is 2.54 bits per heavy atom. The molecule has 3 heterocycles. The molecule has 2 aliphatic heterocycles. The lowest BCUT2D eigenvalue weighted by Gasteiger charge is -2.35. The van der Waals surface area contributed by atoms with E-state index in [9.17, 15) is 4.79 Å². The number of aromatic nitrogens is 2. The smallest absolute Gasteiger partial charge is 0.279 e. The average Bonchev–Trinajstić information content (AvgIpc) is 3.37. The number of carbonyl (C=O) groups excluding carboxylic acids is 1. The Hall–Kier alpha value is -3.35. The molecule has 0 spiro atoms. The quantitative estimate of drug-likeness (QED) is 0.292. The number of imidazole rings is 1. The van der Waals surface area contributed by atoms with Crippen LogP contribution in [-0.2, 0) is 0 Å². The van der Waals surface area contributed by atoms with Gasteiger partial charge in [0.15, 0.2) is 11.5 Å². The first-order valence-corrected chi connectivity index (χ1v) is 12.0. The highest BCUT2D eigenvalue weighted by Crippen LogP contribution is 2.54. The maximum atomic E-state index is 15.5. The highest BCUT2D eigenvalue weighted by molar-refractivity contribution is 6.32. The van der Waals surface area contributed by atoms with E-state index in [0.717, 1.165) is 16.7 Å². The average molecular weight is 508 g/mol. The van der Waals surface area contributed by atoms with E-state index in [4.69, 9.17) is 32.9 Å². The molecule has 1 amide bonds. The minimum atomic E-state index is -0.639. The van der Waals surface area contributed by atoms with Crippen LogP contribution in [0.15, 0.2) is 54.6 Å². The molecule has 1 aromatic heterocycles. The number of para-hydroxylation sites is 1. The molecule has 6 rings (SSSR count). The molecule has 3 aromatic carbocycles. The molecule has 0 saturated carbocycles. The van der Waals surface area contributed by atoms with Crippen LogP contribution < -0.4 is 9.64 Å². The van der Waals surface area contributed by atoms with Gasteiger partial charge in [0.25, 0.3) is 5.91 Å². The molecule has 5 nitrogen and oxygen atoms in total. The first kappa shape index (κ1) is 22.1. The summed E-state index contributed by atoms with van der Waals surface area (Å²) in [6.07, 6.45) is 0. The summed E-state index contributed by atoms with van der Waals surface area (Å²) in [6.45, 7) is 4.07. The van der Waals surface area contributed by atoms with Crippen LogP contribution in [0.4, 0.5) is 10.1 Å². The van der Waals surface area contributed by atoms with Crippen LogP contribution in [0.25, 0.3) is 22.5 Å². The fourth-order valence-corrected chi connectivity index (χ4v) is 5.59. The van der Waals surface area contributed by atoms with Gasteiger partial charge in [-0.3, -0.25) is 9.69 Å². The van der Waals surface area contributed by atoms with Crippen molar-refractivity contribution in [2.45, 2.75) is 25.9 Å². The highest BCUT2D eigenvalue weighted by Gasteiger charge is 2.49. The van der Waals surface area contributed by atoms with Crippen molar-refractivity contribution in [1.29, 1.82) is 0 Å². The number of anilines is 1. The molecular formula is C27H20Cl2FN3O2. The van der Waals surface area contributed by atoms with Crippen molar-refractivity contribution in [3.05, 3.63) is 87.4 Å². The number of rotatable bonds is 3. The number of halogens is 3. The van der Waals surface area contributed by atoms with Crippen molar-refractivity contribution in [1.82, 2.24) is 9.55 Å². The number of methoxy groups -OCH3 is 1. The summed E-state index contributed by atoms with van der Waals surface area (Å²) in [7, 11) is 1.60. The van der Waals surface area contributed by atoms with E-state index in [2.05, 4.69) is 0 Å². The molecule has 35 heavy (non-hydrogen) atoms. The van der Waals surface area contributed by atoms with Crippen molar-refractivity contribution >= 4 is 34.8 Å². The Morgan fingerprint density at radius 1 is 1.03 bits per heavy atom. The number of carbonyl (C=O) groups is 1. The van der Waals surface area contributed by atoms with Gasteiger partial charge in [0.1, 0.15) is 17.6 Å². The second-order valence-electron chi connectivity index (χ2n) is 8.90. The van der Waals surface area contributed by atoms with E-state index >= 15 is 4.39 Å². The van der Waals surface area contributed by atoms with Gasteiger partial charge in [-0.05, 0) is 55.3 Å². The Kier molecular flexibility index (Phi) is 4.95. The lowest BCUT2D eigenvalue weighted by atomic mass is 9.88. The van der Waals surface area contributed by atoms with Crippen molar-refractivity contribution in [2.24, 2.45) is 0 Å². The third kappa shape index (κ3) is 3.00. The SMILES string of the molecule is COc1ccccc1-c1nc2c(n1C(C)C)C1c3ccc(Cl)cc3-c3ccc(Cl)c(F)c3N1C2=O. The monoisotopic (exact) mass is 507 g/mol. The molecule has 8 heteroatoms. The Morgan fingerprint density at radius 2 is 1.80 bits per heavy atom. The second-order valence-corrected chi connectivity index (χ2v) is 9.74. The van der Waals surface area contributed by atoms with Gasteiger partial charge >= 0.3 is 0 Å². The van der Waals surface area contributed by atoms with Crippen LogP contribution in [0.5, 0.6) is 5.75 Å². The molecule has 0 aliphatic carbocycles. The molecule has 0 radical (unpaired) electrons. The van der Waals surface area contributed by atoms with E-state index in [0.29, 0.717) is 27.9 Å². The molecule has 1 unspecified atom stereocenters. The van der Waals surface area contributed by atoms with Gasteiger partial charge in [-0.2, -0.15) is 0 Å². The molecule has 176 valence electrons. The molecule has 0 bridgehead atoms. The van der Waals surface area contributed by atoms with E-state index < -0.39 is 11.9 Å². The third-order valence-corrected chi connectivity index (χ3v) is 7.19. The summed E-state index contributed by atoms with van der Waals surface area (Å²) in [6, 6.07) is 15.7. The molecule has 4 aromatic rings. The van der Waals surface area contributed by atoms with E-state index in [1.165, 1.54) is 11.0 Å². The van der Waals surface area contributed by atoms with Crippen LogP contribution in [-0.4, -0.2) is 22.6 Å². The minimum absolute atomic E-state index is 0.0414. The maximum Gasteiger partial charge on any atom is 0.279 e. The van der Waals surface area contributed by atoms with Crippen LogP contribution in [0.1, 0.15) is 47.7 Å². The normalized spacial score (nSPS) is 15.7. The van der Waals surface area contributed by atoms with Gasteiger partial charge < -0.3 is 9.30 Å². The topological polar surface area (TPSA) is 47.4 Å². The summed E-state index contributed by atoms with van der Waals surface area (Å²) in [4.78, 5) is 20.2. The standard InChI is InChI=1S/C27H20Cl2FN3O2/c1-13(2)32-25-22(31-26(32)17-6-4-5-7-20(17)35-3)27(34)33-23-15(10-11-19(29)21(23)30)18-12-14(28)8-9-16(18)24(25)33/h4-13,24H,1-3H3. The van der Waals surface area contributed by atoms with Crippen molar-refractivity contribution in [3.8, 4) is 28.3 Å². The summed E-state index contributed by atoms with van der Waals surface area (Å²) in [5.41, 5.74) is 4.11. The predicted molar refractivity (Wildman–Crippen MR) is 135 cm³/mol. The fourth-order valence-electron chi connectivity index (χ4n) is 5.27. The summed E-state index contributed by atoms with van der Waals surface area (Å²) in [5.74, 6) is 0.271. The predicted octanol–water partition coefficient (Wildman–Crippen LogP) is 7.32. The molecular weight excluding hydrogens is 488 g/mol. The number of amides is 1. The first-order valence-electron chi connectivity index (χ1n) is 11.2. The summed E-state index contributed by atoms with van der Waals surface area (Å²) < 4.78 is 23.1. The van der Waals surface area contributed by atoms with Crippen LogP contribution in [0.2, 0.25) is 10.0 Å². The molecule has 0 fully saturated rings. The van der Waals surface area contributed by atoms with Gasteiger partial charge in [0, 0.05) is 16.6 Å². The number of benzene rings is 3. The van der Waals surface area contributed by atoms with Gasteiger partial charge in [-0.1, -0.05) is 47.5 Å². The van der Waals surface area contributed by atoms with E-state index in [1.54, 1.807) is 25.3 Å². The number of nitrogens with zero attached hydrogens (tertiary/aromatic N) is 3. The van der Waals surface area contributed by atoms with Gasteiger partial charge in [-0.25, -0.2) is 9.37 Å². The van der Waals surface area contributed by atoms with Gasteiger partial charge in [0.05, 0.1) is 29.1 Å². The van der Waals surface area contributed by atoms with Gasteiger partial charge in [-0.15, -0.1) is 0 Å². The van der Waals surface area contributed by atoms with Crippen molar-refractivity contribution in [3.63, 3.8) is 0 Å². The number of hydrogen-bond acceptors (Lipinski definition) is 3. The zero-order valence-corrected chi connectivity index (χ0v) is 20.7. The summed E-state index contributed by atoms with van der Waals surface area (Å²) in [5, 5.41) is 0.474. The largest absolute Gasteiger partial charge is 0.496 e.